The molecule has 0 bridgehead atoms. The molecular formula is C12H13NO3. The van der Waals surface area contributed by atoms with Gasteiger partial charge in [-0.05, 0) is 25.5 Å². The molecule has 0 saturated heterocycles. The molecule has 0 spiro atoms. The van der Waals surface area contributed by atoms with Crippen LogP contribution in [0.1, 0.15) is 28.4 Å². The van der Waals surface area contributed by atoms with Crippen LogP contribution in [0.15, 0.2) is 12.1 Å². The van der Waals surface area contributed by atoms with Crippen LogP contribution in [0.4, 0.5) is 0 Å². The van der Waals surface area contributed by atoms with Crippen molar-refractivity contribution in [2.45, 2.75) is 13.8 Å². The fourth-order valence-corrected chi connectivity index (χ4v) is 1.40. The van der Waals surface area contributed by atoms with Gasteiger partial charge in [0.1, 0.15) is 11.6 Å². The Hall–Kier alpha value is -2.02. The topological polar surface area (TPSA) is 59.3 Å². The summed E-state index contributed by atoms with van der Waals surface area (Å²) in [4.78, 5) is 11.6. The molecule has 0 amide bonds. The van der Waals surface area contributed by atoms with Crippen molar-refractivity contribution in [2.75, 3.05) is 13.7 Å². The van der Waals surface area contributed by atoms with Gasteiger partial charge < -0.3 is 9.47 Å². The highest BCUT2D eigenvalue weighted by Gasteiger charge is 2.18. The van der Waals surface area contributed by atoms with Gasteiger partial charge in [-0.25, -0.2) is 4.79 Å². The standard InChI is InChI=1S/C12H13NO3/c1-4-16-12(14)9-6-5-8(2)10(7-13)11(9)15-3/h5-6H,4H2,1-3H3. The van der Waals surface area contributed by atoms with Crippen LogP contribution < -0.4 is 4.74 Å². The molecule has 16 heavy (non-hydrogen) atoms. The second-order valence-corrected chi connectivity index (χ2v) is 3.17. The van der Waals surface area contributed by atoms with Crippen LogP contribution in [0.25, 0.3) is 0 Å². The SMILES string of the molecule is CCOC(=O)c1ccc(C)c(C#N)c1OC. The van der Waals surface area contributed by atoms with E-state index in [1.807, 2.05) is 6.07 Å². The van der Waals surface area contributed by atoms with Crippen LogP contribution in [0, 0.1) is 18.3 Å². The van der Waals surface area contributed by atoms with E-state index in [9.17, 15) is 4.79 Å². The first-order valence-electron chi connectivity index (χ1n) is 4.90. The highest BCUT2D eigenvalue weighted by atomic mass is 16.5. The zero-order chi connectivity index (χ0) is 12.1. The minimum absolute atomic E-state index is 0.279. The van der Waals surface area contributed by atoms with Crippen LogP contribution >= 0.6 is 0 Å². The van der Waals surface area contributed by atoms with E-state index in [0.717, 1.165) is 5.56 Å². The van der Waals surface area contributed by atoms with E-state index in [0.29, 0.717) is 5.56 Å². The van der Waals surface area contributed by atoms with E-state index in [4.69, 9.17) is 14.7 Å². The van der Waals surface area contributed by atoms with Crippen LogP contribution in [-0.4, -0.2) is 19.7 Å². The van der Waals surface area contributed by atoms with Gasteiger partial charge in [-0.1, -0.05) is 6.07 Å². The molecule has 1 aromatic rings. The molecule has 0 atom stereocenters. The molecule has 1 aromatic carbocycles. The van der Waals surface area contributed by atoms with Crippen LogP contribution in [0.2, 0.25) is 0 Å². The highest BCUT2D eigenvalue weighted by molar-refractivity contribution is 5.93. The summed E-state index contributed by atoms with van der Waals surface area (Å²) in [6, 6.07) is 5.33. The number of rotatable bonds is 3. The number of hydrogen-bond acceptors (Lipinski definition) is 4. The van der Waals surface area contributed by atoms with E-state index in [-0.39, 0.29) is 17.9 Å². The fraction of sp³-hybridized carbons (Fsp3) is 0.333. The molecule has 84 valence electrons. The number of carbonyl (C=O) groups is 1. The molecule has 0 aliphatic rings. The first-order chi connectivity index (χ1) is 7.65. The van der Waals surface area contributed by atoms with Crippen molar-refractivity contribution in [3.63, 3.8) is 0 Å². The zero-order valence-electron chi connectivity index (χ0n) is 9.53. The Labute approximate surface area is 94.4 Å². The molecule has 0 aliphatic carbocycles. The van der Waals surface area contributed by atoms with E-state index in [1.165, 1.54) is 7.11 Å². The lowest BCUT2D eigenvalue weighted by Gasteiger charge is -2.10. The van der Waals surface area contributed by atoms with Crippen molar-refractivity contribution in [1.82, 2.24) is 0 Å². The minimum atomic E-state index is -0.476. The Kier molecular flexibility index (Phi) is 3.90. The third kappa shape index (κ3) is 2.14. The van der Waals surface area contributed by atoms with E-state index < -0.39 is 5.97 Å². The first-order valence-corrected chi connectivity index (χ1v) is 4.90. The molecule has 0 radical (unpaired) electrons. The number of methoxy groups -OCH3 is 1. The van der Waals surface area contributed by atoms with Crippen molar-refractivity contribution >= 4 is 5.97 Å². The Morgan fingerprint density at radius 1 is 1.50 bits per heavy atom. The van der Waals surface area contributed by atoms with Crippen molar-refractivity contribution in [2.24, 2.45) is 0 Å². The van der Waals surface area contributed by atoms with Crippen molar-refractivity contribution in [3.8, 4) is 11.8 Å². The number of benzene rings is 1. The first kappa shape index (κ1) is 12.1. The van der Waals surface area contributed by atoms with Crippen LogP contribution in [0.3, 0.4) is 0 Å². The van der Waals surface area contributed by atoms with Gasteiger partial charge in [0, 0.05) is 0 Å². The predicted octanol–water partition coefficient (Wildman–Crippen LogP) is 2.05. The largest absolute Gasteiger partial charge is 0.494 e. The molecule has 0 saturated carbocycles. The number of ether oxygens (including phenoxy) is 2. The van der Waals surface area contributed by atoms with E-state index in [1.54, 1.807) is 26.0 Å². The van der Waals surface area contributed by atoms with Gasteiger partial charge in [0.2, 0.25) is 0 Å². The molecule has 1 rings (SSSR count). The molecule has 4 nitrogen and oxygen atoms in total. The van der Waals surface area contributed by atoms with E-state index in [2.05, 4.69) is 0 Å². The van der Waals surface area contributed by atoms with Crippen molar-refractivity contribution in [3.05, 3.63) is 28.8 Å². The second-order valence-electron chi connectivity index (χ2n) is 3.17. The second kappa shape index (κ2) is 5.17. The summed E-state index contributed by atoms with van der Waals surface area (Å²) in [5.74, 6) is -0.197. The number of carbonyl (C=O) groups excluding carboxylic acids is 1. The Bertz CT molecular complexity index is 446. The fourth-order valence-electron chi connectivity index (χ4n) is 1.40. The summed E-state index contributed by atoms with van der Waals surface area (Å²) in [6.07, 6.45) is 0. The van der Waals surface area contributed by atoms with Crippen molar-refractivity contribution < 1.29 is 14.3 Å². The number of esters is 1. The summed E-state index contributed by atoms with van der Waals surface area (Å²) in [6.45, 7) is 3.80. The summed E-state index contributed by atoms with van der Waals surface area (Å²) in [5, 5.41) is 8.98. The summed E-state index contributed by atoms with van der Waals surface area (Å²) in [7, 11) is 1.43. The lowest BCUT2D eigenvalue weighted by molar-refractivity contribution is 0.0522. The highest BCUT2D eigenvalue weighted by Crippen LogP contribution is 2.26. The normalized spacial score (nSPS) is 9.38. The molecule has 0 aromatic heterocycles. The summed E-state index contributed by atoms with van der Waals surface area (Å²) < 4.78 is 9.97. The van der Waals surface area contributed by atoms with Crippen LogP contribution in [0.5, 0.6) is 5.75 Å². The van der Waals surface area contributed by atoms with E-state index >= 15 is 0 Å². The molecule has 4 heteroatoms. The van der Waals surface area contributed by atoms with Gasteiger partial charge in [-0.2, -0.15) is 5.26 Å². The van der Waals surface area contributed by atoms with Gasteiger partial charge in [-0.15, -0.1) is 0 Å². The Morgan fingerprint density at radius 3 is 2.69 bits per heavy atom. The number of nitriles is 1. The number of hydrogen-bond donors (Lipinski definition) is 0. The molecule has 0 heterocycles. The number of nitrogens with zero attached hydrogens (tertiary/aromatic N) is 1. The van der Waals surface area contributed by atoms with Gasteiger partial charge in [-0.3, -0.25) is 0 Å². The molecular weight excluding hydrogens is 206 g/mol. The van der Waals surface area contributed by atoms with Gasteiger partial charge >= 0.3 is 5.97 Å². The van der Waals surface area contributed by atoms with Crippen molar-refractivity contribution in [1.29, 1.82) is 5.26 Å². The lowest BCUT2D eigenvalue weighted by Crippen LogP contribution is -2.08. The maximum Gasteiger partial charge on any atom is 0.341 e. The van der Waals surface area contributed by atoms with Crippen LogP contribution in [-0.2, 0) is 4.74 Å². The average molecular weight is 219 g/mol. The molecule has 0 N–H and O–H groups in total. The van der Waals surface area contributed by atoms with Gasteiger partial charge in [0.15, 0.2) is 5.75 Å². The van der Waals surface area contributed by atoms with Gasteiger partial charge in [0.05, 0.1) is 19.3 Å². The quantitative estimate of drug-likeness (QED) is 0.730. The molecule has 0 aliphatic heterocycles. The minimum Gasteiger partial charge on any atom is -0.494 e. The maximum absolute atomic E-state index is 11.6. The Morgan fingerprint density at radius 2 is 2.19 bits per heavy atom. The zero-order valence-corrected chi connectivity index (χ0v) is 9.53. The Balaban J connectivity index is 3.31. The average Bonchev–Trinajstić information content (AvgIpc) is 2.28. The summed E-state index contributed by atoms with van der Waals surface area (Å²) in [5.41, 5.74) is 1.42. The van der Waals surface area contributed by atoms with Gasteiger partial charge in [0.25, 0.3) is 0 Å². The smallest absolute Gasteiger partial charge is 0.341 e. The third-order valence-corrected chi connectivity index (χ3v) is 2.18. The summed E-state index contributed by atoms with van der Waals surface area (Å²) >= 11 is 0. The number of aryl methyl sites for hydroxylation is 1. The third-order valence-electron chi connectivity index (χ3n) is 2.18. The maximum atomic E-state index is 11.6. The monoisotopic (exact) mass is 219 g/mol. The molecule has 0 unspecified atom stereocenters. The molecule has 0 fully saturated rings. The lowest BCUT2D eigenvalue weighted by atomic mass is 10.0. The predicted molar refractivity (Wildman–Crippen MR) is 58.4 cm³/mol.